The van der Waals surface area contributed by atoms with Crippen molar-refractivity contribution in [2.45, 2.75) is 26.2 Å². The van der Waals surface area contributed by atoms with E-state index in [-0.39, 0.29) is 0 Å². The van der Waals surface area contributed by atoms with Crippen molar-refractivity contribution in [3.8, 4) is 0 Å². The van der Waals surface area contributed by atoms with Gasteiger partial charge in [-0.05, 0) is 26.2 Å². The summed E-state index contributed by atoms with van der Waals surface area (Å²) in [4.78, 5) is 0. The Bertz CT molecular complexity index is 107. The largest absolute Gasteiger partial charge is 0.468 e. The van der Waals surface area contributed by atoms with Crippen LogP contribution in [0.2, 0.25) is 26.2 Å². The Labute approximate surface area is 78.0 Å². The molecule has 0 bridgehead atoms. The van der Waals surface area contributed by atoms with Crippen LogP contribution in [0.25, 0.3) is 0 Å². The van der Waals surface area contributed by atoms with Gasteiger partial charge in [0.1, 0.15) is 10.5 Å². The second-order valence-corrected chi connectivity index (χ2v) is 13.4. The van der Waals surface area contributed by atoms with Crippen LogP contribution in [0.5, 0.6) is 0 Å². The molecule has 0 spiro atoms. The van der Waals surface area contributed by atoms with Crippen molar-refractivity contribution in [2.24, 2.45) is 0 Å². The van der Waals surface area contributed by atoms with Gasteiger partial charge in [-0.1, -0.05) is 0 Å². The molecular formula is C5H18O2Si4. The Morgan fingerprint density at radius 3 is 2.36 bits per heavy atom. The molecule has 0 aliphatic carbocycles. The van der Waals surface area contributed by atoms with Gasteiger partial charge in [0.25, 0.3) is 0 Å². The van der Waals surface area contributed by atoms with E-state index < -0.39 is 27.1 Å². The van der Waals surface area contributed by atoms with Crippen molar-refractivity contribution < 1.29 is 8.23 Å². The zero-order valence-corrected chi connectivity index (χ0v) is 13.7. The van der Waals surface area contributed by atoms with Crippen molar-refractivity contribution in [1.82, 2.24) is 0 Å². The van der Waals surface area contributed by atoms with Crippen molar-refractivity contribution >= 4 is 37.6 Å². The molecule has 0 rings (SSSR count). The maximum absolute atomic E-state index is 5.88. The molecule has 0 aromatic heterocycles. The van der Waals surface area contributed by atoms with E-state index in [1.54, 1.807) is 0 Å². The van der Waals surface area contributed by atoms with Crippen LogP contribution in [-0.4, -0.2) is 37.6 Å². The molecule has 0 saturated heterocycles. The van der Waals surface area contributed by atoms with E-state index in [9.17, 15) is 0 Å². The molecule has 66 valence electrons. The van der Waals surface area contributed by atoms with Gasteiger partial charge in [-0.25, -0.2) is 0 Å². The minimum atomic E-state index is -1.52. The Balaban J connectivity index is 3.61. The first kappa shape index (κ1) is 11.8. The van der Waals surface area contributed by atoms with Crippen LogP contribution in [0.3, 0.4) is 0 Å². The number of hydrogen-bond acceptors (Lipinski definition) is 2. The topological polar surface area (TPSA) is 18.5 Å². The molecule has 11 heavy (non-hydrogen) atoms. The van der Waals surface area contributed by atoms with E-state index in [1.807, 2.05) is 0 Å². The summed E-state index contributed by atoms with van der Waals surface area (Å²) in [5.41, 5.74) is 3.44. The molecule has 6 heteroatoms. The van der Waals surface area contributed by atoms with E-state index in [4.69, 9.17) is 8.23 Å². The van der Waals surface area contributed by atoms with Crippen LogP contribution in [0.1, 0.15) is 0 Å². The summed E-state index contributed by atoms with van der Waals surface area (Å²) in [5.74, 6) is 0. The Morgan fingerprint density at radius 1 is 1.45 bits per heavy atom. The Kier molecular flexibility index (Phi) is 5.83. The standard InChI is InChI=1S/C5H18O2Si4/c1-10(2)7-11(3,4)5-9-6-8/h10H,9H2,1-4,8H3. The summed E-state index contributed by atoms with van der Waals surface area (Å²) in [6.45, 7) is 8.82. The van der Waals surface area contributed by atoms with Crippen LogP contribution >= 0.6 is 0 Å². The van der Waals surface area contributed by atoms with E-state index in [1.165, 1.54) is 0 Å². The molecule has 0 atom stereocenters. The lowest BCUT2D eigenvalue weighted by atomic mass is 11.8. The molecular weight excluding hydrogens is 204 g/mol. The lowest BCUT2D eigenvalue weighted by molar-refractivity contribution is 0.583. The predicted octanol–water partition coefficient (Wildman–Crippen LogP) is -0.850. The molecule has 0 aromatic carbocycles. The van der Waals surface area contributed by atoms with E-state index in [2.05, 4.69) is 31.9 Å². The zero-order valence-electron chi connectivity index (χ0n) is 8.10. The average Bonchev–Trinajstić information content (AvgIpc) is 1.81. The first-order valence-corrected chi connectivity index (χ1v) is 11.7. The van der Waals surface area contributed by atoms with Gasteiger partial charge in [0, 0.05) is 5.67 Å². The first-order chi connectivity index (χ1) is 4.98. The second kappa shape index (κ2) is 5.44. The van der Waals surface area contributed by atoms with E-state index in [0.29, 0.717) is 0 Å². The fourth-order valence-electron chi connectivity index (χ4n) is 0.877. The fourth-order valence-corrected chi connectivity index (χ4v) is 9.94. The van der Waals surface area contributed by atoms with Gasteiger partial charge in [-0.2, -0.15) is 0 Å². The second-order valence-electron chi connectivity index (χ2n) is 3.29. The highest BCUT2D eigenvalue weighted by molar-refractivity contribution is 6.87. The van der Waals surface area contributed by atoms with Crippen LogP contribution in [0, 0.1) is 5.67 Å². The van der Waals surface area contributed by atoms with Crippen LogP contribution < -0.4 is 0 Å². The van der Waals surface area contributed by atoms with Gasteiger partial charge in [-0.3, -0.25) is 0 Å². The lowest BCUT2D eigenvalue weighted by Gasteiger charge is -2.24. The van der Waals surface area contributed by atoms with Crippen molar-refractivity contribution in [3.63, 3.8) is 0 Å². The molecule has 0 unspecified atom stereocenters. The minimum absolute atomic E-state index is 0.455. The van der Waals surface area contributed by atoms with Crippen LogP contribution in [0.4, 0.5) is 0 Å². The molecule has 0 N–H and O–H groups in total. The molecule has 0 amide bonds. The maximum atomic E-state index is 5.88. The van der Waals surface area contributed by atoms with Crippen molar-refractivity contribution in [2.75, 3.05) is 0 Å². The molecule has 0 saturated carbocycles. The van der Waals surface area contributed by atoms with Gasteiger partial charge in [0.15, 0.2) is 27.1 Å². The van der Waals surface area contributed by atoms with Crippen LogP contribution in [-0.2, 0) is 8.23 Å². The molecule has 0 aliphatic heterocycles. The highest BCUT2D eigenvalue weighted by atomic mass is 28.4. The third kappa shape index (κ3) is 7.16. The number of rotatable bonds is 5. The highest BCUT2D eigenvalue weighted by Crippen LogP contribution is 2.08. The molecule has 2 nitrogen and oxygen atoms in total. The molecule has 2 radical (unpaired) electrons. The molecule has 0 heterocycles. The normalized spacial score (nSPS) is 13.9. The minimum Gasteiger partial charge on any atom is -0.468 e. The summed E-state index contributed by atoms with van der Waals surface area (Å²) < 4.78 is 11.1. The summed E-state index contributed by atoms with van der Waals surface area (Å²) in [5, 5.41) is 0. The Morgan fingerprint density at radius 2 is 2.00 bits per heavy atom. The van der Waals surface area contributed by atoms with Crippen LogP contribution in [0.15, 0.2) is 0 Å². The SMILES string of the molecule is C[SiH](C)O[Si](C)(C)[C][SiH2]O[SiH3]. The maximum Gasteiger partial charge on any atom is 0.178 e. The van der Waals surface area contributed by atoms with Crippen molar-refractivity contribution in [1.29, 1.82) is 0 Å². The zero-order chi connectivity index (χ0) is 8.91. The van der Waals surface area contributed by atoms with Gasteiger partial charge in [0.2, 0.25) is 0 Å². The monoisotopic (exact) mass is 222 g/mol. The third-order valence-corrected chi connectivity index (χ3v) is 10.6. The van der Waals surface area contributed by atoms with Gasteiger partial charge >= 0.3 is 0 Å². The smallest absolute Gasteiger partial charge is 0.178 e. The summed E-state index contributed by atoms with van der Waals surface area (Å²) in [6.07, 6.45) is 0. The summed E-state index contributed by atoms with van der Waals surface area (Å²) >= 11 is 0. The van der Waals surface area contributed by atoms with Gasteiger partial charge < -0.3 is 8.23 Å². The molecule has 0 aliphatic rings. The fraction of sp³-hybridized carbons (Fsp3) is 0.800. The first-order valence-electron chi connectivity index (χ1n) is 3.90. The highest BCUT2D eigenvalue weighted by Gasteiger charge is 2.23. The quantitative estimate of drug-likeness (QED) is 0.565. The Hall–Kier alpha value is 0.788. The molecule has 0 fully saturated rings. The molecule has 0 aromatic rings. The lowest BCUT2D eigenvalue weighted by Crippen LogP contribution is -2.38. The third-order valence-electron chi connectivity index (χ3n) is 1.17. The van der Waals surface area contributed by atoms with Gasteiger partial charge in [0.05, 0.1) is 0 Å². The van der Waals surface area contributed by atoms with E-state index >= 15 is 0 Å². The number of hydrogen-bond donors (Lipinski definition) is 0. The van der Waals surface area contributed by atoms with E-state index in [0.717, 1.165) is 10.5 Å². The van der Waals surface area contributed by atoms with Crippen molar-refractivity contribution in [3.05, 3.63) is 5.67 Å². The van der Waals surface area contributed by atoms with Gasteiger partial charge in [-0.15, -0.1) is 0 Å². The average molecular weight is 223 g/mol. The summed E-state index contributed by atoms with van der Waals surface area (Å²) in [6, 6.07) is 0. The predicted molar refractivity (Wildman–Crippen MR) is 60.3 cm³/mol. The summed E-state index contributed by atoms with van der Waals surface area (Å²) in [7, 11) is -1.97.